The quantitative estimate of drug-likeness (QED) is 0.842. The lowest BCUT2D eigenvalue weighted by Gasteiger charge is -2.29. The molecule has 0 spiro atoms. The maximum absolute atomic E-state index is 12.1. The van der Waals surface area contributed by atoms with Crippen molar-refractivity contribution < 1.29 is 14.7 Å². The van der Waals surface area contributed by atoms with Crippen molar-refractivity contribution in [3.8, 4) is 0 Å². The molecule has 2 N–H and O–H groups in total. The molecule has 1 aromatic carbocycles. The fourth-order valence-corrected chi connectivity index (χ4v) is 2.36. The molecule has 1 rings (SSSR count). The summed E-state index contributed by atoms with van der Waals surface area (Å²) < 4.78 is 0. The lowest BCUT2D eigenvalue weighted by molar-refractivity contribution is -0.153. The highest BCUT2D eigenvalue weighted by atomic mass is 35.5. The molecule has 5 heteroatoms. The van der Waals surface area contributed by atoms with Crippen LogP contribution in [0.1, 0.15) is 45.7 Å². The molecule has 1 amide bonds. The van der Waals surface area contributed by atoms with Gasteiger partial charge in [-0.3, -0.25) is 9.59 Å². The number of aliphatic carboxylic acids is 1. The first kappa shape index (κ1) is 17.5. The SMILES string of the molecule is CC(NC(=O)CC(C)(C(=O)O)C(C)C)c1ccccc1Cl. The first-order valence-corrected chi connectivity index (χ1v) is 7.33. The normalized spacial score (nSPS) is 15.3. The van der Waals surface area contributed by atoms with Crippen molar-refractivity contribution in [1.29, 1.82) is 0 Å². The Hall–Kier alpha value is -1.55. The van der Waals surface area contributed by atoms with Gasteiger partial charge in [-0.15, -0.1) is 0 Å². The number of carbonyl (C=O) groups is 2. The molecular formula is C16H22ClNO3. The summed E-state index contributed by atoms with van der Waals surface area (Å²) in [6.07, 6.45) is -0.0607. The molecule has 2 unspecified atom stereocenters. The summed E-state index contributed by atoms with van der Waals surface area (Å²) in [5.74, 6) is -1.39. The van der Waals surface area contributed by atoms with Crippen molar-refractivity contribution in [1.82, 2.24) is 5.32 Å². The van der Waals surface area contributed by atoms with Crippen molar-refractivity contribution in [3.63, 3.8) is 0 Å². The van der Waals surface area contributed by atoms with Gasteiger partial charge in [0.15, 0.2) is 0 Å². The maximum Gasteiger partial charge on any atom is 0.310 e. The zero-order chi connectivity index (χ0) is 16.2. The number of rotatable bonds is 6. The molecule has 0 heterocycles. The summed E-state index contributed by atoms with van der Waals surface area (Å²) in [6, 6.07) is 7.00. The van der Waals surface area contributed by atoms with Gasteiger partial charge in [-0.25, -0.2) is 0 Å². The number of benzene rings is 1. The Kier molecular flexibility index (Phi) is 5.78. The minimum absolute atomic E-state index is 0.0607. The Morgan fingerprint density at radius 3 is 2.33 bits per heavy atom. The second-order valence-electron chi connectivity index (χ2n) is 5.86. The standard InChI is InChI=1S/C16H22ClNO3/c1-10(2)16(4,15(20)21)9-14(19)18-11(3)12-7-5-6-8-13(12)17/h5-8,10-11H,9H2,1-4H3,(H,18,19)(H,20,21). The Labute approximate surface area is 130 Å². The average Bonchev–Trinajstić information content (AvgIpc) is 2.38. The molecule has 21 heavy (non-hydrogen) atoms. The Morgan fingerprint density at radius 1 is 1.29 bits per heavy atom. The maximum atomic E-state index is 12.1. The topological polar surface area (TPSA) is 66.4 Å². The Bertz CT molecular complexity index is 530. The molecule has 0 aliphatic rings. The molecule has 0 aliphatic heterocycles. The first-order chi connectivity index (χ1) is 9.68. The number of hydrogen-bond donors (Lipinski definition) is 2. The number of carboxylic acid groups (broad SMARTS) is 1. The van der Waals surface area contributed by atoms with Crippen LogP contribution in [0.3, 0.4) is 0 Å². The summed E-state index contributed by atoms with van der Waals surface area (Å²) in [5.41, 5.74) is -0.265. The molecule has 116 valence electrons. The number of nitrogens with one attached hydrogen (secondary N) is 1. The smallest absolute Gasteiger partial charge is 0.310 e. The van der Waals surface area contributed by atoms with Gasteiger partial charge in [0.1, 0.15) is 0 Å². The van der Waals surface area contributed by atoms with E-state index in [0.717, 1.165) is 5.56 Å². The third-order valence-electron chi connectivity index (χ3n) is 4.04. The highest BCUT2D eigenvalue weighted by Crippen LogP contribution is 2.32. The highest BCUT2D eigenvalue weighted by molar-refractivity contribution is 6.31. The summed E-state index contributed by atoms with van der Waals surface area (Å²) in [7, 11) is 0. The van der Waals surface area contributed by atoms with Gasteiger partial charge in [-0.05, 0) is 31.4 Å². The van der Waals surface area contributed by atoms with E-state index in [9.17, 15) is 14.7 Å². The minimum Gasteiger partial charge on any atom is -0.481 e. The lowest BCUT2D eigenvalue weighted by atomic mass is 9.76. The second-order valence-corrected chi connectivity index (χ2v) is 6.27. The van der Waals surface area contributed by atoms with Gasteiger partial charge in [0.05, 0.1) is 11.5 Å². The van der Waals surface area contributed by atoms with Gasteiger partial charge < -0.3 is 10.4 Å². The number of amides is 1. The van der Waals surface area contributed by atoms with Gasteiger partial charge >= 0.3 is 5.97 Å². The van der Waals surface area contributed by atoms with Gasteiger partial charge in [0.25, 0.3) is 0 Å². The van der Waals surface area contributed by atoms with Crippen LogP contribution in [0, 0.1) is 11.3 Å². The fraction of sp³-hybridized carbons (Fsp3) is 0.500. The van der Waals surface area contributed by atoms with Crippen LogP contribution in [0.2, 0.25) is 5.02 Å². The van der Waals surface area contributed by atoms with Crippen molar-refractivity contribution in [2.45, 2.75) is 40.2 Å². The molecule has 2 atom stereocenters. The van der Waals surface area contributed by atoms with E-state index >= 15 is 0 Å². The summed E-state index contributed by atoms with van der Waals surface area (Å²) in [4.78, 5) is 23.6. The predicted molar refractivity (Wildman–Crippen MR) is 83.2 cm³/mol. The van der Waals surface area contributed by atoms with E-state index in [4.69, 9.17) is 11.6 Å². The lowest BCUT2D eigenvalue weighted by Crippen LogP contribution is -2.39. The summed E-state index contributed by atoms with van der Waals surface area (Å²) in [6.45, 7) is 7.03. The van der Waals surface area contributed by atoms with Crippen LogP contribution in [0.5, 0.6) is 0 Å². The predicted octanol–water partition coefficient (Wildman–Crippen LogP) is 3.65. The second kappa shape index (κ2) is 6.94. The molecule has 0 aliphatic carbocycles. The van der Waals surface area contributed by atoms with Crippen LogP contribution in [0.15, 0.2) is 24.3 Å². The van der Waals surface area contributed by atoms with Crippen LogP contribution in [-0.2, 0) is 9.59 Å². The fourth-order valence-electron chi connectivity index (χ4n) is 2.06. The molecule has 0 saturated heterocycles. The van der Waals surface area contributed by atoms with Crippen LogP contribution >= 0.6 is 11.6 Å². The van der Waals surface area contributed by atoms with Gasteiger partial charge in [0, 0.05) is 11.4 Å². The van der Waals surface area contributed by atoms with Crippen LogP contribution in [0.25, 0.3) is 0 Å². The minimum atomic E-state index is -1.08. The summed E-state index contributed by atoms with van der Waals surface area (Å²) >= 11 is 6.09. The molecule has 1 aromatic rings. The van der Waals surface area contributed by atoms with Crippen molar-refractivity contribution in [2.24, 2.45) is 11.3 Å². The molecule has 0 fully saturated rings. The highest BCUT2D eigenvalue weighted by Gasteiger charge is 2.39. The van der Waals surface area contributed by atoms with Gasteiger partial charge in [0.2, 0.25) is 5.91 Å². The molecular weight excluding hydrogens is 290 g/mol. The molecule has 0 saturated carbocycles. The van der Waals surface area contributed by atoms with Crippen molar-refractivity contribution in [2.75, 3.05) is 0 Å². The van der Waals surface area contributed by atoms with Gasteiger partial charge in [-0.1, -0.05) is 43.6 Å². The van der Waals surface area contributed by atoms with Crippen LogP contribution < -0.4 is 5.32 Å². The van der Waals surface area contributed by atoms with E-state index in [1.165, 1.54) is 0 Å². The van der Waals surface area contributed by atoms with E-state index in [1.54, 1.807) is 26.8 Å². The largest absolute Gasteiger partial charge is 0.481 e. The Morgan fingerprint density at radius 2 is 1.86 bits per heavy atom. The van der Waals surface area contributed by atoms with Crippen LogP contribution in [0.4, 0.5) is 0 Å². The van der Waals surface area contributed by atoms with E-state index in [2.05, 4.69) is 5.32 Å². The zero-order valence-electron chi connectivity index (χ0n) is 12.8. The Balaban J connectivity index is 2.78. The van der Waals surface area contributed by atoms with Crippen molar-refractivity contribution >= 4 is 23.5 Å². The third kappa shape index (κ3) is 4.21. The number of carboxylic acids is 1. The van der Waals surface area contributed by atoms with E-state index in [0.29, 0.717) is 5.02 Å². The summed E-state index contributed by atoms with van der Waals surface area (Å²) in [5, 5.41) is 12.7. The first-order valence-electron chi connectivity index (χ1n) is 6.95. The molecule has 0 bridgehead atoms. The molecule has 0 radical (unpaired) electrons. The van der Waals surface area contributed by atoms with E-state index in [1.807, 2.05) is 25.1 Å². The number of carbonyl (C=O) groups excluding carboxylic acids is 1. The average molecular weight is 312 g/mol. The van der Waals surface area contributed by atoms with E-state index in [-0.39, 0.29) is 24.3 Å². The van der Waals surface area contributed by atoms with Crippen LogP contribution in [-0.4, -0.2) is 17.0 Å². The molecule has 0 aromatic heterocycles. The molecule has 4 nitrogen and oxygen atoms in total. The number of halogens is 1. The van der Waals surface area contributed by atoms with Gasteiger partial charge in [-0.2, -0.15) is 0 Å². The monoisotopic (exact) mass is 311 g/mol. The zero-order valence-corrected chi connectivity index (χ0v) is 13.6. The number of hydrogen-bond acceptors (Lipinski definition) is 2. The van der Waals surface area contributed by atoms with Crippen molar-refractivity contribution in [3.05, 3.63) is 34.9 Å². The van der Waals surface area contributed by atoms with E-state index < -0.39 is 11.4 Å². The third-order valence-corrected chi connectivity index (χ3v) is 4.38.